The van der Waals surface area contributed by atoms with E-state index in [4.69, 9.17) is 19.3 Å². The highest BCUT2D eigenvalue weighted by Crippen LogP contribution is 2.26. The van der Waals surface area contributed by atoms with Crippen LogP contribution in [0.1, 0.15) is 20.7 Å². The Kier molecular flexibility index (Phi) is 7.49. The summed E-state index contributed by atoms with van der Waals surface area (Å²) < 4.78 is 15.3. The van der Waals surface area contributed by atoms with Crippen LogP contribution in [0.3, 0.4) is 0 Å². The third-order valence-corrected chi connectivity index (χ3v) is 3.90. The summed E-state index contributed by atoms with van der Waals surface area (Å²) in [6.07, 6.45) is 0. The van der Waals surface area contributed by atoms with Gasteiger partial charge in [-0.15, -0.1) is 0 Å². The lowest BCUT2D eigenvalue weighted by atomic mass is 10.1. The molecule has 0 heterocycles. The first-order chi connectivity index (χ1) is 13.9. The van der Waals surface area contributed by atoms with Gasteiger partial charge in [0.25, 0.3) is 5.69 Å². The average Bonchev–Trinajstić information content (AvgIpc) is 2.74. The van der Waals surface area contributed by atoms with Crippen LogP contribution in [-0.2, 0) is 4.74 Å². The number of hydrogen-bond acceptors (Lipinski definition) is 9. The predicted octanol–water partition coefficient (Wildman–Crippen LogP) is 2.06. The zero-order valence-corrected chi connectivity index (χ0v) is 15.8. The molecule has 0 fully saturated rings. The second kappa shape index (κ2) is 10.0. The molecule has 29 heavy (non-hydrogen) atoms. The van der Waals surface area contributed by atoms with Gasteiger partial charge in [-0.1, -0.05) is 0 Å². The van der Waals surface area contributed by atoms with Crippen LogP contribution in [0, 0.1) is 10.1 Å². The Morgan fingerprint density at radius 1 is 1.10 bits per heavy atom. The number of carbonyl (C=O) groups is 2. The number of carbonyl (C=O) groups excluding carboxylic acids is 2. The maximum Gasteiger partial charge on any atom is 0.340 e. The number of Topliss-reactive ketones (excluding diaryl/α,β-unsaturated/α-hetero) is 1. The second-order valence-corrected chi connectivity index (χ2v) is 5.70. The molecular weight excluding hydrogens is 384 g/mol. The van der Waals surface area contributed by atoms with E-state index in [0.717, 1.165) is 6.07 Å². The molecule has 2 aromatic carbocycles. The van der Waals surface area contributed by atoms with Gasteiger partial charge in [0.05, 0.1) is 36.9 Å². The largest absolute Gasteiger partial charge is 0.497 e. The summed E-state index contributed by atoms with van der Waals surface area (Å²) in [4.78, 5) is 35.3. The number of methoxy groups -OCH3 is 2. The first-order valence-electron chi connectivity index (χ1n) is 8.46. The first kappa shape index (κ1) is 21.6. The van der Waals surface area contributed by atoms with Crippen LogP contribution in [0.25, 0.3) is 0 Å². The summed E-state index contributed by atoms with van der Waals surface area (Å²) in [6.45, 7) is -0.692. The van der Waals surface area contributed by atoms with Gasteiger partial charge in [0.1, 0.15) is 11.5 Å². The molecule has 2 aromatic rings. The molecule has 2 rings (SSSR count). The number of non-ortho nitro benzene ring substituents is 1. The van der Waals surface area contributed by atoms with Crippen LogP contribution in [-0.4, -0.2) is 55.8 Å². The second-order valence-electron chi connectivity index (χ2n) is 5.70. The monoisotopic (exact) mass is 404 g/mol. The van der Waals surface area contributed by atoms with Crippen LogP contribution in [0.15, 0.2) is 36.4 Å². The fourth-order valence-corrected chi connectivity index (χ4v) is 2.48. The normalized spacial score (nSPS) is 10.2. The number of rotatable bonds is 10. The van der Waals surface area contributed by atoms with Crippen molar-refractivity contribution in [2.24, 2.45) is 0 Å². The SMILES string of the molecule is COc1ccc(OC)c(C(=O)COC(=O)c2cc([N+](=O)[O-])ccc2NCCO)c1. The molecule has 0 saturated heterocycles. The van der Waals surface area contributed by atoms with Gasteiger partial charge < -0.3 is 24.6 Å². The van der Waals surface area contributed by atoms with Gasteiger partial charge in [-0.3, -0.25) is 14.9 Å². The van der Waals surface area contributed by atoms with Gasteiger partial charge in [0, 0.05) is 24.4 Å². The van der Waals surface area contributed by atoms with Gasteiger partial charge in [-0.2, -0.15) is 0 Å². The topological polar surface area (TPSA) is 137 Å². The molecule has 0 unspecified atom stereocenters. The molecule has 0 aliphatic carbocycles. The van der Waals surface area contributed by atoms with E-state index < -0.39 is 23.3 Å². The van der Waals surface area contributed by atoms with Crippen molar-refractivity contribution in [1.82, 2.24) is 0 Å². The van der Waals surface area contributed by atoms with E-state index in [0.29, 0.717) is 5.75 Å². The number of aliphatic hydroxyl groups is 1. The number of benzene rings is 2. The zero-order valence-electron chi connectivity index (χ0n) is 15.8. The fraction of sp³-hybridized carbons (Fsp3) is 0.263. The molecule has 0 saturated carbocycles. The van der Waals surface area contributed by atoms with Crippen molar-refractivity contribution in [2.75, 3.05) is 39.3 Å². The van der Waals surface area contributed by atoms with Gasteiger partial charge in [-0.05, 0) is 24.3 Å². The highest BCUT2D eigenvalue weighted by atomic mass is 16.6. The molecule has 0 aliphatic rings. The number of nitro benzene ring substituents is 1. The van der Waals surface area contributed by atoms with Crippen molar-refractivity contribution in [1.29, 1.82) is 0 Å². The molecule has 10 heteroatoms. The van der Waals surface area contributed by atoms with E-state index >= 15 is 0 Å². The summed E-state index contributed by atoms with van der Waals surface area (Å²) in [5, 5.41) is 22.7. The summed E-state index contributed by atoms with van der Waals surface area (Å²) in [5.41, 5.74) is -0.0382. The summed E-state index contributed by atoms with van der Waals surface area (Å²) in [7, 11) is 2.84. The minimum absolute atomic E-state index is 0.123. The van der Waals surface area contributed by atoms with E-state index in [2.05, 4.69) is 5.32 Å². The van der Waals surface area contributed by atoms with Crippen molar-refractivity contribution < 1.29 is 33.8 Å². The van der Waals surface area contributed by atoms with Crippen molar-refractivity contribution in [3.8, 4) is 11.5 Å². The van der Waals surface area contributed by atoms with E-state index in [1.807, 2.05) is 0 Å². The van der Waals surface area contributed by atoms with Crippen LogP contribution < -0.4 is 14.8 Å². The first-order valence-corrected chi connectivity index (χ1v) is 8.46. The Morgan fingerprint density at radius 3 is 2.48 bits per heavy atom. The maximum atomic E-state index is 12.5. The summed E-state index contributed by atoms with van der Waals surface area (Å²) in [6, 6.07) is 8.20. The zero-order chi connectivity index (χ0) is 21.4. The van der Waals surface area contributed by atoms with Crippen molar-refractivity contribution in [3.05, 3.63) is 57.6 Å². The van der Waals surface area contributed by atoms with Crippen LogP contribution in [0.5, 0.6) is 11.5 Å². The molecule has 0 spiro atoms. The molecule has 0 atom stereocenters. The molecule has 0 bridgehead atoms. The standard InChI is InChI=1S/C19H20N2O8/c1-27-13-4-6-18(28-2)15(10-13)17(23)11-29-19(24)14-9-12(21(25)26)3-5-16(14)20-7-8-22/h3-6,9-10,20,22H,7-8,11H2,1-2H3. The minimum Gasteiger partial charge on any atom is -0.497 e. The Bertz CT molecular complexity index is 913. The quantitative estimate of drug-likeness (QED) is 0.264. The van der Waals surface area contributed by atoms with E-state index in [9.17, 15) is 19.7 Å². The Hall–Kier alpha value is -3.66. The highest BCUT2D eigenvalue weighted by Gasteiger charge is 2.21. The number of aliphatic hydroxyl groups excluding tert-OH is 1. The van der Waals surface area contributed by atoms with Crippen LogP contribution >= 0.6 is 0 Å². The molecule has 2 N–H and O–H groups in total. The number of anilines is 1. The third kappa shape index (κ3) is 5.42. The summed E-state index contributed by atoms with van der Waals surface area (Å²) in [5.74, 6) is -0.754. The fourth-order valence-electron chi connectivity index (χ4n) is 2.48. The number of nitrogens with one attached hydrogen (secondary N) is 1. The van der Waals surface area contributed by atoms with Gasteiger partial charge >= 0.3 is 5.97 Å². The average molecular weight is 404 g/mol. The summed E-state index contributed by atoms with van der Waals surface area (Å²) >= 11 is 0. The lowest BCUT2D eigenvalue weighted by molar-refractivity contribution is -0.384. The third-order valence-electron chi connectivity index (χ3n) is 3.90. The van der Waals surface area contributed by atoms with Crippen molar-refractivity contribution >= 4 is 23.1 Å². The van der Waals surface area contributed by atoms with E-state index in [1.165, 1.54) is 32.4 Å². The van der Waals surface area contributed by atoms with Crippen molar-refractivity contribution in [2.45, 2.75) is 0 Å². The van der Waals surface area contributed by atoms with E-state index in [1.54, 1.807) is 12.1 Å². The number of hydrogen-bond donors (Lipinski definition) is 2. The lowest BCUT2D eigenvalue weighted by Crippen LogP contribution is -2.17. The molecule has 0 aromatic heterocycles. The lowest BCUT2D eigenvalue weighted by Gasteiger charge is -2.12. The maximum absolute atomic E-state index is 12.5. The Labute approximate surface area is 166 Å². The Balaban J connectivity index is 2.21. The molecule has 0 amide bonds. The predicted molar refractivity (Wildman–Crippen MR) is 103 cm³/mol. The minimum atomic E-state index is -0.927. The molecule has 0 radical (unpaired) electrons. The van der Waals surface area contributed by atoms with Crippen LogP contribution in [0.4, 0.5) is 11.4 Å². The van der Waals surface area contributed by atoms with Gasteiger partial charge in [0.2, 0.25) is 5.78 Å². The smallest absolute Gasteiger partial charge is 0.340 e. The number of ether oxygens (including phenoxy) is 3. The van der Waals surface area contributed by atoms with Gasteiger partial charge in [0.15, 0.2) is 6.61 Å². The number of nitro groups is 1. The number of nitrogens with zero attached hydrogens (tertiary/aromatic N) is 1. The van der Waals surface area contributed by atoms with Crippen LogP contribution in [0.2, 0.25) is 0 Å². The molecule has 10 nitrogen and oxygen atoms in total. The number of ketones is 1. The van der Waals surface area contributed by atoms with Gasteiger partial charge in [-0.25, -0.2) is 4.79 Å². The Morgan fingerprint density at radius 2 is 1.86 bits per heavy atom. The molecular formula is C19H20N2O8. The highest BCUT2D eigenvalue weighted by molar-refractivity contribution is 6.02. The molecule has 0 aliphatic heterocycles. The molecule has 154 valence electrons. The van der Waals surface area contributed by atoms with E-state index in [-0.39, 0.29) is 41.4 Å². The number of esters is 1. The van der Waals surface area contributed by atoms with Crippen molar-refractivity contribution in [3.63, 3.8) is 0 Å².